The number of nitrogens with zero attached hydrogens (tertiary/aromatic N) is 8. The Labute approximate surface area is 775 Å². The molecule has 672 valence electrons. The van der Waals surface area contributed by atoms with E-state index in [0.717, 1.165) is 6.42 Å². The summed E-state index contributed by atoms with van der Waals surface area (Å²) in [7, 11) is 4.36. The Bertz CT molecular complexity index is 5730. The highest BCUT2D eigenvalue weighted by atomic mass is 32.1. The Hall–Kier alpha value is -9.36. The lowest BCUT2D eigenvalue weighted by Gasteiger charge is -2.62. The Morgan fingerprint density at radius 1 is 0.297 bits per heavy atom. The summed E-state index contributed by atoms with van der Waals surface area (Å²) >= 11 is 3.84. The molecule has 12 aromatic rings. The van der Waals surface area contributed by atoms with Crippen molar-refractivity contribution < 1.29 is 8.83 Å². The summed E-state index contributed by atoms with van der Waals surface area (Å²) in [6, 6.07) is 62.9. The van der Waals surface area contributed by atoms with E-state index in [-0.39, 0.29) is 60.3 Å². The van der Waals surface area contributed by atoms with Crippen LogP contribution >= 0.6 is 22.7 Å². The van der Waals surface area contributed by atoms with Gasteiger partial charge >= 0.3 is 0 Å². The quantitative estimate of drug-likeness (QED) is 0.163. The molecule has 0 amide bonds. The van der Waals surface area contributed by atoms with Crippen molar-refractivity contribution in [3.63, 3.8) is 0 Å². The summed E-state index contributed by atoms with van der Waals surface area (Å²) in [6.45, 7) is 56.9. The average Bonchev–Trinajstić information content (AvgIpc) is 1.38. The molecular formula is C116H144N8O2S2. The number of hydrogen-bond donors (Lipinski definition) is 0. The van der Waals surface area contributed by atoms with Crippen molar-refractivity contribution in [2.24, 2.45) is 14.1 Å². The maximum absolute atomic E-state index is 5.96. The fourth-order valence-electron chi connectivity index (χ4n) is 28.5. The number of aryl methyl sites for hydroxylation is 8. The van der Waals surface area contributed by atoms with Crippen LogP contribution in [0.3, 0.4) is 0 Å². The molecule has 0 radical (unpaired) electrons. The van der Waals surface area contributed by atoms with Crippen molar-refractivity contribution in [2.75, 3.05) is 29.4 Å². The van der Waals surface area contributed by atoms with Crippen LogP contribution in [0.25, 0.3) is 0 Å². The summed E-state index contributed by atoms with van der Waals surface area (Å²) in [5.41, 5.74) is 33.7. The van der Waals surface area contributed by atoms with Gasteiger partial charge in [0.15, 0.2) is 0 Å². The SMILES string of the molecule is Cc1ccccc1N1C(C)C2(C)CCC1(C)c1c2ccn1C.Cc1ccccc1N1C(C)C2(C)CCC1(C)c1ccsc12.Cc1ccccc1N1C(C)C2(C)CCC1(C)c1cn(C)cc12.Cc1ccccc1N1C(C)C2(C)CCC1(C)c1cocc12.Cc1ccccc1N1C(C)C2(C)CCC1(C)c1cscc12.Cc1ccccc1N1C(C)C2(C)CCC1(C)c1occc12. The molecule has 18 aliphatic rings. The van der Waals surface area contributed by atoms with Gasteiger partial charge in [-0.1, -0.05) is 151 Å². The van der Waals surface area contributed by atoms with Crippen LogP contribution in [0, 0.1) is 41.5 Å². The fraction of sp³-hybridized carbons (Fsp3) is 0.483. The number of rotatable bonds is 6. The fourth-order valence-corrected chi connectivity index (χ4v) is 30.9. The monoisotopic (exact) mass is 1750 g/mol. The highest BCUT2D eigenvalue weighted by Crippen LogP contribution is 2.66. The van der Waals surface area contributed by atoms with Gasteiger partial charge in [0.1, 0.15) is 5.76 Å². The van der Waals surface area contributed by atoms with E-state index in [9.17, 15) is 0 Å². The van der Waals surface area contributed by atoms with Crippen molar-refractivity contribution in [1.82, 2.24) is 9.13 Å². The Morgan fingerprint density at radius 2 is 0.617 bits per heavy atom. The molecule has 12 aliphatic heterocycles. The van der Waals surface area contributed by atoms with E-state index < -0.39 is 0 Å². The first-order valence-electron chi connectivity index (χ1n) is 48.4. The molecule has 18 heterocycles. The zero-order valence-corrected chi connectivity index (χ0v) is 83.6. The standard InChI is InChI=1S/2C20H26N2.2C19H23NO.2C19H23NS/c1-14-8-6-7-9-17(14)22-15(2)19(3)11-12-20(22,4)18-16(19)10-13-21(18)5;1-14-8-6-7-9-18(14)22-15(2)19(3)10-11-20(22,4)17-13-21(5)12-16(17)19;1-13-7-5-6-8-16(13)20-14(2)18(3)10-11-19(20,4)17-15(18)9-12-21-17;1-13-7-5-6-8-17(13)20-14(2)18(3)9-10-19(20,4)16-12-21-11-15(16)18;1-13-7-5-6-8-16(13)20-14(2)18(3)10-11-19(20,4)15-9-12-21-17(15)18;1-13-7-5-6-8-17(13)20-14(2)18(3)9-10-19(20,4)16-12-21-11-15(16)18/h6-10,13,15H,11-12H2,1-5H3;6-9,12-13,15H,10-11H2,1-5H3;5-9,12,14H,10-11H2,1-4H3;5-8,11-12,14H,9-10H2,1-4H3;5-9,12,14H,10-11H2,1-4H3;5-8,11-12,14H,9-10H2,1-4H3. The second kappa shape index (κ2) is 30.6. The number of anilines is 6. The molecule has 12 bridgehead atoms. The zero-order chi connectivity index (χ0) is 90.7. The van der Waals surface area contributed by atoms with Gasteiger partial charge in [-0.2, -0.15) is 11.3 Å². The lowest BCUT2D eigenvalue weighted by Crippen LogP contribution is -2.66. The summed E-state index contributed by atoms with van der Waals surface area (Å²) in [5, 5.41) is 7.09. The summed E-state index contributed by atoms with van der Waals surface area (Å²) in [5.74, 6) is 1.18. The predicted molar refractivity (Wildman–Crippen MR) is 539 cm³/mol. The molecule has 18 atom stereocenters. The minimum Gasteiger partial charge on any atom is -0.472 e. The van der Waals surface area contributed by atoms with E-state index >= 15 is 0 Å². The van der Waals surface area contributed by atoms with Crippen LogP contribution in [0.2, 0.25) is 0 Å². The lowest BCUT2D eigenvalue weighted by atomic mass is 9.57. The molecule has 6 aromatic heterocycles. The molecule has 6 fully saturated rings. The second-order valence-electron chi connectivity index (χ2n) is 44.3. The number of hydrogen-bond acceptors (Lipinski definition) is 10. The van der Waals surface area contributed by atoms with Crippen molar-refractivity contribution in [2.45, 2.75) is 345 Å². The van der Waals surface area contributed by atoms with Gasteiger partial charge < -0.3 is 47.4 Å². The molecule has 128 heavy (non-hydrogen) atoms. The topological polar surface area (TPSA) is 55.6 Å². The summed E-state index contributed by atoms with van der Waals surface area (Å²) < 4.78 is 16.2. The maximum atomic E-state index is 5.96. The molecular weight excluding hydrogens is 1600 g/mol. The van der Waals surface area contributed by atoms with Gasteiger partial charge in [0.2, 0.25) is 0 Å². The van der Waals surface area contributed by atoms with E-state index in [0.29, 0.717) is 41.7 Å². The van der Waals surface area contributed by atoms with Crippen LogP contribution in [0.15, 0.2) is 226 Å². The van der Waals surface area contributed by atoms with Gasteiger partial charge in [-0.15, -0.1) is 11.3 Å². The minimum absolute atomic E-state index is 0.0257. The largest absolute Gasteiger partial charge is 0.472 e. The normalized spacial score (nSPS) is 33.8. The highest BCUT2D eigenvalue weighted by molar-refractivity contribution is 7.10. The maximum Gasteiger partial charge on any atom is 0.132 e. The van der Waals surface area contributed by atoms with Gasteiger partial charge in [-0.3, -0.25) is 0 Å². The van der Waals surface area contributed by atoms with Gasteiger partial charge in [-0.25, -0.2) is 0 Å². The van der Waals surface area contributed by atoms with Crippen LogP contribution in [-0.2, 0) is 79.8 Å². The van der Waals surface area contributed by atoms with Crippen LogP contribution in [0.5, 0.6) is 0 Å². The zero-order valence-electron chi connectivity index (χ0n) is 81.9. The minimum atomic E-state index is -0.0257. The molecule has 30 rings (SSSR count). The number of benzene rings is 6. The Balaban J connectivity index is 0.0000000999. The molecule has 0 saturated carbocycles. The molecule has 6 aliphatic carbocycles. The number of thiophene rings is 2. The number of aromatic nitrogens is 2. The van der Waals surface area contributed by atoms with E-state index in [4.69, 9.17) is 8.83 Å². The number of para-hydroxylation sites is 6. The first-order chi connectivity index (χ1) is 60.7. The van der Waals surface area contributed by atoms with Crippen molar-refractivity contribution in [3.8, 4) is 0 Å². The molecule has 0 spiro atoms. The van der Waals surface area contributed by atoms with Gasteiger partial charge in [0.25, 0.3) is 0 Å². The number of fused-ring (bicyclic) bond motifs is 12. The van der Waals surface area contributed by atoms with E-state index in [1.807, 2.05) is 41.5 Å². The third-order valence-electron chi connectivity index (χ3n) is 37.7. The van der Waals surface area contributed by atoms with E-state index in [2.05, 4.69) is 417 Å². The van der Waals surface area contributed by atoms with Crippen LogP contribution in [0.1, 0.15) is 301 Å². The molecule has 12 heteroatoms. The predicted octanol–water partition coefficient (Wildman–Crippen LogP) is 29.0. The van der Waals surface area contributed by atoms with Crippen LogP contribution in [-0.4, -0.2) is 45.4 Å². The van der Waals surface area contributed by atoms with Gasteiger partial charge in [0, 0.05) is 163 Å². The Morgan fingerprint density at radius 3 is 1.06 bits per heavy atom. The number of furan rings is 2. The van der Waals surface area contributed by atoms with Crippen LogP contribution in [0.4, 0.5) is 34.1 Å². The smallest absolute Gasteiger partial charge is 0.132 e. The molecule has 18 unspecified atom stereocenters. The first-order valence-corrected chi connectivity index (χ1v) is 50.3. The summed E-state index contributed by atoms with van der Waals surface area (Å²) in [6.07, 6.45) is 27.8. The third-order valence-corrected chi connectivity index (χ3v) is 39.6. The molecule has 0 N–H and O–H groups in total. The first kappa shape index (κ1) is 87.9. The van der Waals surface area contributed by atoms with E-state index in [1.165, 1.54) is 172 Å². The Kier molecular flexibility index (Phi) is 21.0. The summed E-state index contributed by atoms with van der Waals surface area (Å²) in [4.78, 5) is 17.7. The second-order valence-corrected chi connectivity index (χ2v) is 46.0. The average molecular weight is 1750 g/mol. The van der Waals surface area contributed by atoms with Gasteiger partial charge in [0.05, 0.1) is 52.0 Å². The van der Waals surface area contributed by atoms with Crippen molar-refractivity contribution in [3.05, 3.63) is 317 Å². The van der Waals surface area contributed by atoms with Gasteiger partial charge in [-0.05, 0) is 339 Å². The molecule has 6 aromatic carbocycles. The van der Waals surface area contributed by atoms with Crippen molar-refractivity contribution >= 4 is 56.8 Å². The van der Waals surface area contributed by atoms with Crippen LogP contribution < -0.4 is 29.4 Å². The van der Waals surface area contributed by atoms with Crippen molar-refractivity contribution in [1.29, 1.82) is 0 Å². The molecule has 10 nitrogen and oxygen atoms in total. The molecule has 6 saturated heterocycles. The highest BCUT2D eigenvalue weighted by Gasteiger charge is 2.64. The lowest BCUT2D eigenvalue weighted by molar-refractivity contribution is 0.140. The van der Waals surface area contributed by atoms with E-state index in [1.54, 1.807) is 32.7 Å². The number of piperidine rings is 6. The third kappa shape index (κ3) is 12.3.